The van der Waals surface area contributed by atoms with E-state index in [1.54, 1.807) is 36.1 Å². The van der Waals surface area contributed by atoms with Gasteiger partial charge in [-0.05, 0) is 30.7 Å². The Morgan fingerprint density at radius 3 is 2.62 bits per heavy atom. The third-order valence-corrected chi connectivity index (χ3v) is 3.69. The van der Waals surface area contributed by atoms with Gasteiger partial charge in [0.1, 0.15) is 5.82 Å². The van der Waals surface area contributed by atoms with E-state index >= 15 is 0 Å². The largest absolute Gasteiger partial charge is 0.325 e. The quantitative estimate of drug-likeness (QED) is 0.470. The molecule has 0 saturated carbocycles. The Kier molecular flexibility index (Phi) is 6.42. The van der Waals surface area contributed by atoms with Crippen LogP contribution in [0, 0.1) is 35.2 Å². The van der Waals surface area contributed by atoms with Gasteiger partial charge in [-0.3, -0.25) is 19.8 Å². The molecule has 7 heteroatoms. The summed E-state index contributed by atoms with van der Waals surface area (Å²) in [6.45, 7) is 2.25. The van der Waals surface area contributed by atoms with Crippen molar-refractivity contribution in [1.29, 1.82) is 0 Å². The van der Waals surface area contributed by atoms with Crippen LogP contribution in [-0.2, 0) is 11.3 Å². The Balaban J connectivity index is 2.03. The Hall–Kier alpha value is -3.24. The van der Waals surface area contributed by atoms with Crippen molar-refractivity contribution in [2.75, 3.05) is 18.4 Å². The summed E-state index contributed by atoms with van der Waals surface area (Å²) in [4.78, 5) is 24.5. The van der Waals surface area contributed by atoms with Crippen LogP contribution in [0.25, 0.3) is 0 Å². The van der Waals surface area contributed by atoms with Gasteiger partial charge in [-0.2, -0.15) is 0 Å². The Labute approximate surface area is 150 Å². The van der Waals surface area contributed by atoms with Crippen LogP contribution in [0.2, 0.25) is 0 Å². The third kappa shape index (κ3) is 5.40. The summed E-state index contributed by atoms with van der Waals surface area (Å²) in [5, 5.41) is 13.6. The molecule has 1 N–H and O–H groups in total. The molecule has 0 spiro atoms. The molecule has 0 bridgehead atoms. The Morgan fingerprint density at radius 2 is 2.00 bits per heavy atom. The zero-order valence-electron chi connectivity index (χ0n) is 14.2. The van der Waals surface area contributed by atoms with E-state index in [1.165, 1.54) is 18.2 Å². The normalized spacial score (nSPS) is 10.4. The highest BCUT2D eigenvalue weighted by Crippen LogP contribution is 2.22. The first-order chi connectivity index (χ1) is 12.4. The monoisotopic (exact) mass is 355 g/mol. The minimum absolute atomic E-state index is 0.00322. The number of carbonyl (C=O) groups is 1. The fourth-order valence-corrected chi connectivity index (χ4v) is 2.43. The number of amides is 1. The van der Waals surface area contributed by atoms with Crippen molar-refractivity contribution in [3.05, 3.63) is 69.5 Å². The average Bonchev–Trinajstić information content (AvgIpc) is 2.58. The molecule has 0 aliphatic heterocycles. The molecule has 1 amide bonds. The van der Waals surface area contributed by atoms with Gasteiger partial charge >= 0.3 is 0 Å². The van der Waals surface area contributed by atoms with E-state index in [9.17, 15) is 19.3 Å². The van der Waals surface area contributed by atoms with E-state index in [1.807, 2.05) is 0 Å². The molecule has 0 heterocycles. The van der Waals surface area contributed by atoms with Crippen molar-refractivity contribution >= 4 is 17.3 Å². The minimum atomic E-state index is -0.496. The number of anilines is 1. The maximum Gasteiger partial charge on any atom is 0.274 e. The number of rotatable bonds is 7. The first kappa shape index (κ1) is 19.1. The van der Waals surface area contributed by atoms with Crippen LogP contribution in [0.15, 0.2) is 42.5 Å². The van der Waals surface area contributed by atoms with Crippen LogP contribution >= 0.6 is 0 Å². The molecule has 0 unspecified atom stereocenters. The van der Waals surface area contributed by atoms with Gasteiger partial charge in [0, 0.05) is 23.9 Å². The van der Waals surface area contributed by atoms with Crippen LogP contribution < -0.4 is 5.32 Å². The van der Waals surface area contributed by atoms with Gasteiger partial charge in [-0.25, -0.2) is 4.39 Å². The lowest BCUT2D eigenvalue weighted by molar-refractivity contribution is -0.385. The molecule has 0 atom stereocenters. The average molecular weight is 355 g/mol. The fourth-order valence-electron chi connectivity index (χ4n) is 2.43. The van der Waals surface area contributed by atoms with Gasteiger partial charge in [0.25, 0.3) is 5.69 Å². The Bertz CT molecular complexity index is 844. The molecule has 0 radical (unpaired) electrons. The van der Waals surface area contributed by atoms with Crippen LogP contribution in [-0.4, -0.2) is 28.8 Å². The van der Waals surface area contributed by atoms with Gasteiger partial charge in [0.2, 0.25) is 5.91 Å². The number of nitro groups is 1. The number of nitrogens with zero attached hydrogens (tertiary/aromatic N) is 2. The number of aryl methyl sites for hydroxylation is 1. The lowest BCUT2D eigenvalue weighted by Gasteiger charge is -2.19. The lowest BCUT2D eigenvalue weighted by atomic mass is 10.2. The summed E-state index contributed by atoms with van der Waals surface area (Å²) < 4.78 is 13.0. The molecule has 0 aliphatic rings. The third-order valence-electron chi connectivity index (χ3n) is 3.69. The zero-order chi connectivity index (χ0) is 19.1. The molecule has 0 saturated heterocycles. The van der Waals surface area contributed by atoms with Gasteiger partial charge < -0.3 is 5.32 Å². The second-order valence-electron chi connectivity index (χ2n) is 5.78. The molecule has 0 aliphatic carbocycles. The molecule has 26 heavy (non-hydrogen) atoms. The SMILES string of the molecule is C#CCN(CC(=O)Nc1ccc(C)c([N+](=O)[O-])c1)Cc1ccc(F)cc1. The highest BCUT2D eigenvalue weighted by atomic mass is 19.1. The summed E-state index contributed by atoms with van der Waals surface area (Å²) in [6, 6.07) is 10.4. The van der Waals surface area contributed by atoms with Crippen LogP contribution in [0.3, 0.4) is 0 Å². The summed E-state index contributed by atoms with van der Waals surface area (Å²) in [6.07, 6.45) is 5.35. The molecule has 2 rings (SSSR count). The zero-order valence-corrected chi connectivity index (χ0v) is 14.2. The first-order valence-corrected chi connectivity index (χ1v) is 7.84. The molecule has 2 aromatic carbocycles. The molecular formula is C19H18FN3O3. The van der Waals surface area contributed by atoms with E-state index in [0.717, 1.165) is 5.56 Å². The second-order valence-corrected chi connectivity index (χ2v) is 5.78. The number of nitrogens with one attached hydrogen (secondary N) is 1. The van der Waals surface area contributed by atoms with Crippen molar-refractivity contribution in [3.63, 3.8) is 0 Å². The summed E-state index contributed by atoms with van der Waals surface area (Å²) >= 11 is 0. The van der Waals surface area contributed by atoms with E-state index < -0.39 is 4.92 Å². The first-order valence-electron chi connectivity index (χ1n) is 7.84. The molecular weight excluding hydrogens is 337 g/mol. The van der Waals surface area contributed by atoms with Crippen LogP contribution in [0.5, 0.6) is 0 Å². The number of hydrogen-bond acceptors (Lipinski definition) is 4. The smallest absolute Gasteiger partial charge is 0.274 e. The van der Waals surface area contributed by atoms with E-state index in [2.05, 4.69) is 11.2 Å². The molecule has 2 aromatic rings. The van der Waals surface area contributed by atoms with Gasteiger partial charge in [0.15, 0.2) is 0 Å². The van der Waals surface area contributed by atoms with Crippen molar-refractivity contribution in [2.24, 2.45) is 0 Å². The number of carbonyl (C=O) groups excluding carboxylic acids is 1. The highest BCUT2D eigenvalue weighted by Gasteiger charge is 2.14. The predicted octanol–water partition coefficient (Wildman–Crippen LogP) is 3.12. The van der Waals surface area contributed by atoms with E-state index in [0.29, 0.717) is 17.8 Å². The predicted molar refractivity (Wildman–Crippen MR) is 97.0 cm³/mol. The van der Waals surface area contributed by atoms with Gasteiger partial charge in [-0.1, -0.05) is 24.1 Å². The number of halogens is 1. The van der Waals surface area contributed by atoms with Crippen molar-refractivity contribution in [1.82, 2.24) is 4.90 Å². The summed E-state index contributed by atoms with van der Waals surface area (Å²) in [5.74, 6) is 1.80. The summed E-state index contributed by atoms with van der Waals surface area (Å²) in [7, 11) is 0. The van der Waals surface area contributed by atoms with Gasteiger partial charge in [0.05, 0.1) is 18.0 Å². The van der Waals surface area contributed by atoms with Crippen LogP contribution in [0.4, 0.5) is 15.8 Å². The maximum atomic E-state index is 13.0. The van der Waals surface area contributed by atoms with Crippen molar-refractivity contribution < 1.29 is 14.1 Å². The van der Waals surface area contributed by atoms with Gasteiger partial charge in [-0.15, -0.1) is 6.42 Å². The van der Waals surface area contributed by atoms with Crippen molar-refractivity contribution in [2.45, 2.75) is 13.5 Å². The molecule has 0 aromatic heterocycles. The van der Waals surface area contributed by atoms with E-state index in [4.69, 9.17) is 6.42 Å². The number of terminal acetylenes is 1. The number of benzene rings is 2. The number of nitro benzene ring substituents is 1. The molecule has 6 nitrogen and oxygen atoms in total. The topological polar surface area (TPSA) is 75.5 Å². The van der Waals surface area contributed by atoms with Crippen LogP contribution in [0.1, 0.15) is 11.1 Å². The minimum Gasteiger partial charge on any atom is -0.325 e. The standard InChI is InChI=1S/C19H18FN3O3/c1-3-10-22(12-15-5-7-16(20)8-6-15)13-19(24)21-17-9-4-14(2)18(11-17)23(25)26/h1,4-9,11H,10,12-13H2,2H3,(H,21,24). The summed E-state index contributed by atoms with van der Waals surface area (Å²) in [5.41, 5.74) is 1.61. The number of hydrogen-bond donors (Lipinski definition) is 1. The fraction of sp³-hybridized carbons (Fsp3) is 0.211. The Morgan fingerprint density at radius 1 is 1.31 bits per heavy atom. The highest BCUT2D eigenvalue weighted by molar-refractivity contribution is 5.92. The second kappa shape index (κ2) is 8.74. The lowest BCUT2D eigenvalue weighted by Crippen LogP contribution is -2.33. The van der Waals surface area contributed by atoms with E-state index in [-0.39, 0.29) is 30.5 Å². The molecule has 134 valence electrons. The molecule has 0 fully saturated rings. The maximum absolute atomic E-state index is 13.0. The van der Waals surface area contributed by atoms with Crippen molar-refractivity contribution in [3.8, 4) is 12.3 Å².